The Hall–Kier alpha value is -1.88. The lowest BCUT2D eigenvalue weighted by molar-refractivity contribution is 0.102. The first kappa shape index (κ1) is 13.5. The van der Waals surface area contributed by atoms with Crippen LogP contribution in [0.5, 0.6) is 0 Å². The van der Waals surface area contributed by atoms with E-state index < -0.39 is 5.82 Å². The second-order valence-electron chi connectivity index (χ2n) is 4.15. The van der Waals surface area contributed by atoms with Crippen molar-refractivity contribution in [3.63, 3.8) is 0 Å². The van der Waals surface area contributed by atoms with Crippen molar-refractivity contribution in [3.05, 3.63) is 57.8 Å². The molecule has 0 aliphatic heterocycles. The molecule has 0 heterocycles. The molecule has 0 atom stereocenters. The number of nitrogens with two attached hydrogens (primary N) is 1. The Balaban J connectivity index is 2.20. The highest BCUT2D eigenvalue weighted by Gasteiger charge is 2.09. The summed E-state index contributed by atoms with van der Waals surface area (Å²) in [5.41, 5.74) is 7.40. The SMILES string of the molecule is Cc1cc(NC(=O)c2ccc(F)c(N)c2)ccc1Br. The van der Waals surface area contributed by atoms with Crippen LogP contribution in [0.25, 0.3) is 0 Å². The number of hydrogen-bond acceptors (Lipinski definition) is 2. The summed E-state index contributed by atoms with van der Waals surface area (Å²) in [5, 5.41) is 2.74. The normalized spacial score (nSPS) is 10.3. The Labute approximate surface area is 118 Å². The first-order valence-electron chi connectivity index (χ1n) is 5.60. The van der Waals surface area contributed by atoms with Crippen molar-refractivity contribution < 1.29 is 9.18 Å². The zero-order chi connectivity index (χ0) is 14.0. The second kappa shape index (κ2) is 5.40. The van der Waals surface area contributed by atoms with Gasteiger partial charge in [-0.2, -0.15) is 0 Å². The molecule has 1 amide bonds. The first-order chi connectivity index (χ1) is 8.97. The predicted octanol–water partition coefficient (Wildman–Crippen LogP) is 3.73. The van der Waals surface area contributed by atoms with Crippen LogP contribution in [0.1, 0.15) is 15.9 Å². The van der Waals surface area contributed by atoms with E-state index in [-0.39, 0.29) is 11.6 Å². The van der Waals surface area contributed by atoms with E-state index in [1.807, 2.05) is 19.1 Å². The van der Waals surface area contributed by atoms with E-state index in [2.05, 4.69) is 21.2 Å². The van der Waals surface area contributed by atoms with Crippen LogP contribution in [0.4, 0.5) is 15.8 Å². The number of anilines is 2. The highest BCUT2D eigenvalue weighted by Crippen LogP contribution is 2.21. The van der Waals surface area contributed by atoms with Gasteiger partial charge >= 0.3 is 0 Å². The van der Waals surface area contributed by atoms with Crippen molar-refractivity contribution in [2.75, 3.05) is 11.1 Å². The number of carbonyl (C=O) groups is 1. The molecule has 3 N–H and O–H groups in total. The molecule has 0 fully saturated rings. The van der Waals surface area contributed by atoms with Crippen LogP contribution in [0.2, 0.25) is 0 Å². The van der Waals surface area contributed by atoms with Gasteiger partial charge in [-0.25, -0.2) is 4.39 Å². The Morgan fingerprint density at radius 1 is 1.26 bits per heavy atom. The monoisotopic (exact) mass is 322 g/mol. The van der Waals surface area contributed by atoms with Gasteiger partial charge in [-0.15, -0.1) is 0 Å². The minimum absolute atomic E-state index is 0.0420. The fourth-order valence-electron chi connectivity index (χ4n) is 1.61. The van der Waals surface area contributed by atoms with Gasteiger partial charge < -0.3 is 11.1 Å². The summed E-state index contributed by atoms with van der Waals surface area (Å²) in [7, 11) is 0. The van der Waals surface area contributed by atoms with Crippen molar-refractivity contribution in [1.82, 2.24) is 0 Å². The number of aryl methyl sites for hydroxylation is 1. The summed E-state index contributed by atoms with van der Waals surface area (Å²) < 4.78 is 14.0. The molecule has 0 radical (unpaired) electrons. The predicted molar refractivity (Wildman–Crippen MR) is 77.6 cm³/mol. The van der Waals surface area contributed by atoms with E-state index >= 15 is 0 Å². The second-order valence-corrected chi connectivity index (χ2v) is 5.01. The number of nitrogens with one attached hydrogen (secondary N) is 1. The third kappa shape index (κ3) is 3.12. The minimum atomic E-state index is -0.531. The van der Waals surface area contributed by atoms with Gasteiger partial charge in [0.15, 0.2) is 0 Å². The molecule has 0 saturated carbocycles. The first-order valence-corrected chi connectivity index (χ1v) is 6.39. The molecule has 3 nitrogen and oxygen atoms in total. The van der Waals surface area contributed by atoms with Gasteiger partial charge in [0.2, 0.25) is 0 Å². The lowest BCUT2D eigenvalue weighted by atomic mass is 10.1. The van der Waals surface area contributed by atoms with Crippen molar-refractivity contribution in [2.45, 2.75) is 6.92 Å². The molecule has 0 spiro atoms. The fraction of sp³-hybridized carbons (Fsp3) is 0.0714. The van der Waals surface area contributed by atoms with Crippen LogP contribution in [0, 0.1) is 12.7 Å². The maximum atomic E-state index is 13.0. The van der Waals surface area contributed by atoms with Crippen LogP contribution in [0.3, 0.4) is 0 Å². The average molecular weight is 323 g/mol. The molecular formula is C14H12BrFN2O. The quantitative estimate of drug-likeness (QED) is 0.828. The minimum Gasteiger partial charge on any atom is -0.396 e. The number of halogens is 2. The maximum Gasteiger partial charge on any atom is 0.255 e. The lowest BCUT2D eigenvalue weighted by Crippen LogP contribution is -2.12. The van der Waals surface area contributed by atoms with E-state index in [0.717, 1.165) is 10.0 Å². The number of rotatable bonds is 2. The number of hydrogen-bond donors (Lipinski definition) is 2. The summed E-state index contributed by atoms with van der Waals surface area (Å²) in [6, 6.07) is 9.36. The van der Waals surface area contributed by atoms with Gasteiger partial charge in [-0.1, -0.05) is 15.9 Å². The van der Waals surface area contributed by atoms with Crippen molar-refractivity contribution in [3.8, 4) is 0 Å². The summed E-state index contributed by atoms with van der Waals surface area (Å²) in [6.07, 6.45) is 0. The van der Waals surface area contributed by atoms with Crippen molar-refractivity contribution >= 4 is 33.2 Å². The Morgan fingerprint density at radius 3 is 2.63 bits per heavy atom. The van der Waals surface area contributed by atoms with E-state index in [1.165, 1.54) is 18.2 Å². The van der Waals surface area contributed by atoms with E-state index in [4.69, 9.17) is 5.73 Å². The number of carbonyl (C=O) groups excluding carboxylic acids is 1. The van der Waals surface area contributed by atoms with Gasteiger partial charge in [0.1, 0.15) is 5.82 Å². The van der Waals surface area contributed by atoms with Crippen LogP contribution in [-0.4, -0.2) is 5.91 Å². The molecule has 0 aliphatic rings. The zero-order valence-electron chi connectivity index (χ0n) is 10.2. The standard InChI is InChI=1S/C14H12BrFN2O/c1-8-6-10(3-4-11(8)15)18-14(19)9-2-5-12(16)13(17)7-9/h2-7H,17H2,1H3,(H,18,19). The lowest BCUT2D eigenvalue weighted by Gasteiger charge is -2.08. The third-order valence-corrected chi connectivity index (χ3v) is 3.56. The highest BCUT2D eigenvalue weighted by molar-refractivity contribution is 9.10. The van der Waals surface area contributed by atoms with Gasteiger partial charge in [0.25, 0.3) is 5.91 Å². The molecule has 2 rings (SSSR count). The molecule has 0 aliphatic carbocycles. The molecule has 0 bridgehead atoms. The molecular weight excluding hydrogens is 311 g/mol. The summed E-state index contributed by atoms with van der Waals surface area (Å²) in [5.74, 6) is -0.857. The number of nitrogen functional groups attached to an aromatic ring is 1. The van der Waals surface area contributed by atoms with Gasteiger partial charge in [-0.3, -0.25) is 4.79 Å². The molecule has 0 unspecified atom stereocenters. The largest absolute Gasteiger partial charge is 0.396 e. The highest BCUT2D eigenvalue weighted by atomic mass is 79.9. The third-order valence-electron chi connectivity index (χ3n) is 2.67. The molecule has 2 aromatic rings. The number of amides is 1. The van der Waals surface area contributed by atoms with Crippen molar-refractivity contribution in [2.24, 2.45) is 0 Å². The number of benzene rings is 2. The Bertz CT molecular complexity index is 643. The van der Waals surface area contributed by atoms with E-state index in [0.29, 0.717) is 11.3 Å². The fourth-order valence-corrected chi connectivity index (χ4v) is 1.86. The van der Waals surface area contributed by atoms with E-state index in [9.17, 15) is 9.18 Å². The zero-order valence-corrected chi connectivity index (χ0v) is 11.8. The van der Waals surface area contributed by atoms with Crippen LogP contribution in [0.15, 0.2) is 40.9 Å². The van der Waals surface area contributed by atoms with Gasteiger partial charge in [0, 0.05) is 15.7 Å². The molecule has 0 aromatic heterocycles. The average Bonchev–Trinajstić information content (AvgIpc) is 2.37. The van der Waals surface area contributed by atoms with Gasteiger partial charge in [-0.05, 0) is 48.9 Å². The molecule has 98 valence electrons. The topological polar surface area (TPSA) is 55.1 Å². The van der Waals surface area contributed by atoms with Crippen LogP contribution in [-0.2, 0) is 0 Å². The summed E-state index contributed by atoms with van der Waals surface area (Å²) in [6.45, 7) is 1.93. The van der Waals surface area contributed by atoms with E-state index in [1.54, 1.807) is 6.07 Å². The summed E-state index contributed by atoms with van der Waals surface area (Å²) in [4.78, 5) is 12.0. The Morgan fingerprint density at radius 2 is 2.00 bits per heavy atom. The smallest absolute Gasteiger partial charge is 0.255 e. The van der Waals surface area contributed by atoms with Crippen molar-refractivity contribution in [1.29, 1.82) is 0 Å². The molecule has 19 heavy (non-hydrogen) atoms. The Kier molecular flexibility index (Phi) is 3.85. The van der Waals surface area contributed by atoms with Gasteiger partial charge in [0.05, 0.1) is 5.69 Å². The maximum absolute atomic E-state index is 13.0. The van der Waals surface area contributed by atoms with Crippen LogP contribution < -0.4 is 11.1 Å². The molecule has 5 heteroatoms. The summed E-state index contributed by atoms with van der Waals surface area (Å²) >= 11 is 3.39. The molecule has 2 aromatic carbocycles. The molecule has 0 saturated heterocycles. The van der Waals surface area contributed by atoms with Crippen LogP contribution >= 0.6 is 15.9 Å².